The van der Waals surface area contributed by atoms with E-state index in [1.807, 2.05) is 13.0 Å². The minimum absolute atomic E-state index is 0.119. The molecule has 27 heavy (non-hydrogen) atoms. The van der Waals surface area contributed by atoms with Crippen LogP contribution in [0.1, 0.15) is 12.7 Å². The normalized spacial score (nSPS) is 22.6. The van der Waals surface area contributed by atoms with Gasteiger partial charge in [-0.1, -0.05) is 12.1 Å². The van der Waals surface area contributed by atoms with Crippen molar-refractivity contribution in [3.63, 3.8) is 0 Å². The monoisotopic (exact) mass is 413 g/mol. The van der Waals surface area contributed by atoms with Gasteiger partial charge in [0.2, 0.25) is 0 Å². The first-order valence-electron chi connectivity index (χ1n) is 8.73. The van der Waals surface area contributed by atoms with Crippen LogP contribution >= 0.6 is 11.6 Å². The molecule has 0 spiro atoms. The molecule has 3 atom stereocenters. The maximum Gasteiger partial charge on any atom is 0.275 e. The second-order valence-corrected chi connectivity index (χ2v) is 9.47. The van der Waals surface area contributed by atoms with E-state index in [9.17, 15) is 18.0 Å². The van der Waals surface area contributed by atoms with E-state index in [1.165, 1.54) is 0 Å². The highest BCUT2D eigenvalue weighted by molar-refractivity contribution is 7.91. The zero-order chi connectivity index (χ0) is 19.6. The summed E-state index contributed by atoms with van der Waals surface area (Å²) in [6.45, 7) is 3.06. The van der Waals surface area contributed by atoms with Gasteiger partial charge in [0.15, 0.2) is 22.2 Å². The summed E-state index contributed by atoms with van der Waals surface area (Å²) in [5, 5.41) is 2.62. The van der Waals surface area contributed by atoms with Gasteiger partial charge in [0.25, 0.3) is 11.5 Å². The summed E-state index contributed by atoms with van der Waals surface area (Å²) in [6.07, 6.45) is 0. The molecule has 146 valence electrons. The van der Waals surface area contributed by atoms with Crippen LogP contribution in [0.4, 0.5) is 0 Å². The Balaban J connectivity index is 1.65. The van der Waals surface area contributed by atoms with Gasteiger partial charge in [0, 0.05) is 0 Å². The molecule has 1 aromatic carbocycles. The number of halogens is 1. The number of carbonyl (C=O) groups is 1. The summed E-state index contributed by atoms with van der Waals surface area (Å²) in [6, 6.07) is 6.50. The Labute approximate surface area is 161 Å². The van der Waals surface area contributed by atoms with E-state index < -0.39 is 21.3 Å². The van der Waals surface area contributed by atoms with Crippen LogP contribution in [0.2, 0.25) is 0 Å². The number of hydrogen-bond donors (Lipinski definition) is 3. The lowest BCUT2D eigenvalue weighted by Gasteiger charge is -2.19. The molecule has 1 aliphatic rings. The second kappa shape index (κ2) is 7.95. The minimum atomic E-state index is -3.20. The zero-order valence-electron chi connectivity index (χ0n) is 14.9. The molecule has 3 N–H and O–H groups in total. The predicted octanol–water partition coefficient (Wildman–Crippen LogP) is -1.15. The highest BCUT2D eigenvalue weighted by atomic mass is 35.5. The fraction of sp³-hybridized carbons (Fsp3) is 0.471. The van der Waals surface area contributed by atoms with Gasteiger partial charge >= 0.3 is 0 Å². The van der Waals surface area contributed by atoms with Gasteiger partial charge in [-0.15, -0.1) is 11.6 Å². The predicted molar refractivity (Wildman–Crippen MR) is 103 cm³/mol. The number of H-pyrrole nitrogens is 1. The number of amides is 1. The first kappa shape index (κ1) is 19.8. The van der Waals surface area contributed by atoms with E-state index in [-0.39, 0.29) is 29.5 Å². The number of aromatic amines is 1. The number of nitrogens with zero attached hydrogens (tertiary/aromatic N) is 1. The van der Waals surface area contributed by atoms with Gasteiger partial charge in [-0.2, -0.15) is 0 Å². The quantitative estimate of drug-likeness (QED) is 0.517. The largest absolute Gasteiger partial charge is 0.346 e. The molecular formula is C17H22ClN4O4S+. The standard InChI is InChI=1S/C17H21ClN4O4S/c1-2-22(8-16(23)20-14-10-27(25,26)9-12(14)18)7-15-19-13-6-4-3-5-11(13)17(24)21-15/h3-6,12,14H,2,7-10H2,1H3,(H,20,23)(H,19,21,24)/p+1/t12-,14+/m0/s1. The van der Waals surface area contributed by atoms with E-state index in [2.05, 4.69) is 15.3 Å². The molecule has 1 aromatic heterocycles. The summed E-state index contributed by atoms with van der Waals surface area (Å²) in [4.78, 5) is 32.6. The van der Waals surface area contributed by atoms with Crippen LogP contribution in [0, 0.1) is 0 Å². The summed E-state index contributed by atoms with van der Waals surface area (Å²) in [5.41, 5.74) is 0.397. The third kappa shape index (κ3) is 4.85. The lowest BCUT2D eigenvalue weighted by atomic mass is 10.2. The van der Waals surface area contributed by atoms with Gasteiger partial charge in [0.05, 0.1) is 40.4 Å². The number of para-hydroxylation sites is 1. The van der Waals surface area contributed by atoms with Crippen molar-refractivity contribution in [2.45, 2.75) is 24.9 Å². The smallest absolute Gasteiger partial charge is 0.275 e. The van der Waals surface area contributed by atoms with Crippen molar-refractivity contribution in [1.82, 2.24) is 15.3 Å². The van der Waals surface area contributed by atoms with Crippen LogP contribution in [0.3, 0.4) is 0 Å². The molecule has 0 saturated carbocycles. The van der Waals surface area contributed by atoms with Crippen molar-refractivity contribution < 1.29 is 18.1 Å². The number of carbonyl (C=O) groups excluding carboxylic acids is 1. The first-order chi connectivity index (χ1) is 12.8. The number of aromatic nitrogens is 2. The molecule has 2 heterocycles. The highest BCUT2D eigenvalue weighted by Gasteiger charge is 2.37. The molecular weight excluding hydrogens is 392 g/mol. The SMILES string of the molecule is CC[NH+](CC(=O)N[C@@H]1CS(=O)(=O)C[C@@H]1Cl)Cc1nc2ccccc2c(=O)[nH]1. The van der Waals surface area contributed by atoms with Crippen LogP contribution in [-0.4, -0.2) is 60.3 Å². The summed E-state index contributed by atoms with van der Waals surface area (Å²) in [5.74, 6) is -0.0234. The topological polar surface area (TPSA) is 113 Å². The Hall–Kier alpha value is -1.97. The fourth-order valence-corrected chi connectivity index (χ4v) is 5.74. The van der Waals surface area contributed by atoms with E-state index in [0.29, 0.717) is 29.8 Å². The molecule has 2 aromatic rings. The Kier molecular flexibility index (Phi) is 5.83. The Morgan fingerprint density at radius 1 is 1.37 bits per heavy atom. The Bertz CT molecular complexity index is 1010. The summed E-state index contributed by atoms with van der Waals surface area (Å²) < 4.78 is 23.2. The van der Waals surface area contributed by atoms with Gasteiger partial charge in [-0.3, -0.25) is 9.59 Å². The third-order valence-electron chi connectivity index (χ3n) is 4.62. The van der Waals surface area contributed by atoms with Crippen molar-refractivity contribution >= 4 is 38.2 Å². The van der Waals surface area contributed by atoms with Crippen LogP contribution in [0.15, 0.2) is 29.1 Å². The summed E-state index contributed by atoms with van der Waals surface area (Å²) in [7, 11) is -3.20. The van der Waals surface area contributed by atoms with Crippen LogP contribution < -0.4 is 15.8 Å². The fourth-order valence-electron chi connectivity index (χ4n) is 3.19. The molecule has 0 bridgehead atoms. The first-order valence-corrected chi connectivity index (χ1v) is 11.0. The average molecular weight is 414 g/mol. The average Bonchev–Trinajstić information content (AvgIpc) is 2.85. The number of fused-ring (bicyclic) bond motifs is 1. The molecule has 1 fully saturated rings. The maximum atomic E-state index is 12.3. The van der Waals surface area contributed by atoms with Gasteiger partial charge in [0.1, 0.15) is 6.54 Å². The molecule has 1 aliphatic heterocycles. The third-order valence-corrected chi connectivity index (χ3v) is 6.99. The number of likely N-dealkylation sites (N-methyl/N-ethyl adjacent to an activating group) is 1. The van der Waals surface area contributed by atoms with Crippen LogP contribution in [-0.2, 0) is 21.2 Å². The summed E-state index contributed by atoms with van der Waals surface area (Å²) >= 11 is 6.03. The highest BCUT2D eigenvalue weighted by Crippen LogP contribution is 2.17. The zero-order valence-corrected chi connectivity index (χ0v) is 16.4. The molecule has 1 unspecified atom stereocenters. The minimum Gasteiger partial charge on any atom is -0.346 e. The van der Waals surface area contributed by atoms with E-state index >= 15 is 0 Å². The van der Waals surface area contributed by atoms with Crippen molar-refractivity contribution in [2.75, 3.05) is 24.6 Å². The molecule has 0 radical (unpaired) electrons. The van der Waals surface area contributed by atoms with Gasteiger partial charge < -0.3 is 15.2 Å². The second-order valence-electron chi connectivity index (χ2n) is 6.75. The van der Waals surface area contributed by atoms with Gasteiger partial charge in [-0.25, -0.2) is 13.4 Å². The van der Waals surface area contributed by atoms with Crippen molar-refractivity contribution in [3.8, 4) is 0 Å². The maximum absolute atomic E-state index is 12.3. The van der Waals surface area contributed by atoms with E-state index in [4.69, 9.17) is 11.6 Å². The van der Waals surface area contributed by atoms with Crippen molar-refractivity contribution in [2.24, 2.45) is 0 Å². The number of sulfone groups is 1. The van der Waals surface area contributed by atoms with E-state index in [1.54, 1.807) is 18.2 Å². The molecule has 1 amide bonds. The molecule has 0 aliphatic carbocycles. The number of nitrogens with one attached hydrogen (secondary N) is 3. The molecule has 3 rings (SSSR count). The van der Waals surface area contributed by atoms with Gasteiger partial charge in [-0.05, 0) is 19.1 Å². The number of benzene rings is 1. The lowest BCUT2D eigenvalue weighted by molar-refractivity contribution is -0.904. The Morgan fingerprint density at radius 2 is 2.11 bits per heavy atom. The number of alkyl halides is 1. The molecule has 1 saturated heterocycles. The van der Waals surface area contributed by atoms with Crippen molar-refractivity contribution in [1.29, 1.82) is 0 Å². The van der Waals surface area contributed by atoms with E-state index in [0.717, 1.165) is 4.90 Å². The number of hydrogen-bond acceptors (Lipinski definition) is 5. The lowest BCUT2D eigenvalue weighted by Crippen LogP contribution is -3.11. The number of rotatable bonds is 6. The number of quaternary nitrogens is 1. The van der Waals surface area contributed by atoms with Crippen LogP contribution in [0.5, 0.6) is 0 Å². The van der Waals surface area contributed by atoms with Crippen LogP contribution in [0.25, 0.3) is 10.9 Å². The molecule has 8 nitrogen and oxygen atoms in total. The Morgan fingerprint density at radius 3 is 2.78 bits per heavy atom. The molecule has 10 heteroatoms. The van der Waals surface area contributed by atoms with Crippen molar-refractivity contribution in [3.05, 3.63) is 40.4 Å².